The molecule has 1 N–H and O–H groups in total. The number of carboxylic acids is 1. The van der Waals surface area contributed by atoms with Gasteiger partial charge >= 0.3 is 59.3 Å². The normalized spacial score (nSPS) is 16.2. The maximum Gasteiger partial charge on any atom is 0.410 e. The average molecular weight is 556 g/mol. The minimum Gasteiger partial charge on any atom is -0.477 e. The van der Waals surface area contributed by atoms with E-state index in [0.717, 1.165) is 0 Å². The monoisotopic (exact) mass is 556 g/mol. The van der Waals surface area contributed by atoms with Crippen molar-refractivity contribution < 1.29 is 88.9 Å². The number of hydrogen-bond acceptors (Lipinski definition) is 2. The Hall–Kier alpha value is -1.44. The van der Waals surface area contributed by atoms with Crippen molar-refractivity contribution in [1.82, 2.24) is 0 Å². The Bertz CT molecular complexity index is 745. The molecule has 0 aromatic carbocycles. The molecule has 0 unspecified atom stereocenters. The number of thiol groups is 1. The molecule has 0 fully saturated rings. The maximum absolute atomic E-state index is 13.4. The van der Waals surface area contributed by atoms with E-state index in [1.54, 1.807) is 0 Å². The Morgan fingerprint density at radius 3 is 1.00 bits per heavy atom. The Kier molecular flexibility index (Phi) is 7.71. The molecule has 33 heavy (non-hydrogen) atoms. The summed E-state index contributed by atoms with van der Waals surface area (Å²) in [5.74, 6) is -79.6. The first-order chi connectivity index (χ1) is 14.0. The van der Waals surface area contributed by atoms with Gasteiger partial charge in [0, 0.05) is 6.42 Å². The molecule has 0 aromatic rings. The van der Waals surface area contributed by atoms with Gasteiger partial charge in [-0.1, -0.05) is 0 Å². The number of carbonyl (C=O) groups is 1. The second-order valence-electron chi connectivity index (χ2n) is 6.08. The molecule has 198 valence electrons. The predicted molar refractivity (Wildman–Crippen MR) is 70.6 cm³/mol. The van der Waals surface area contributed by atoms with Gasteiger partial charge in [0.25, 0.3) is 0 Å². The van der Waals surface area contributed by atoms with Crippen molar-refractivity contribution in [3.63, 3.8) is 0 Å². The summed E-state index contributed by atoms with van der Waals surface area (Å²) in [6.07, 6.45) is -2.63. The molecular formula is C12H6F18O2S. The van der Waals surface area contributed by atoms with E-state index in [4.69, 9.17) is 5.11 Å². The highest BCUT2D eigenvalue weighted by Gasteiger charge is 2.96. The van der Waals surface area contributed by atoms with E-state index in [1.165, 1.54) is 0 Å². The van der Waals surface area contributed by atoms with Gasteiger partial charge in [0.05, 0.1) is 0 Å². The molecule has 0 aliphatic carbocycles. The number of halogens is 18. The molecule has 0 heterocycles. The third kappa shape index (κ3) is 3.84. The molecule has 21 heteroatoms. The van der Waals surface area contributed by atoms with Crippen LogP contribution in [0.4, 0.5) is 79.0 Å². The van der Waals surface area contributed by atoms with Crippen LogP contribution in [-0.2, 0) is 4.79 Å². The third-order valence-electron chi connectivity index (χ3n) is 3.91. The number of rotatable bonds is 11. The molecule has 0 atom stereocenters. The van der Waals surface area contributed by atoms with Gasteiger partial charge < -0.3 is 5.11 Å². The fourth-order valence-electron chi connectivity index (χ4n) is 1.84. The number of alkyl halides is 18. The molecule has 0 saturated carbocycles. The molecule has 0 amide bonds. The van der Waals surface area contributed by atoms with E-state index in [-0.39, 0.29) is 0 Å². The van der Waals surface area contributed by atoms with Crippen LogP contribution in [0.3, 0.4) is 0 Å². The topological polar surface area (TPSA) is 37.3 Å². The van der Waals surface area contributed by atoms with Crippen LogP contribution in [0.15, 0.2) is 0 Å². The van der Waals surface area contributed by atoms with E-state index >= 15 is 0 Å². The Morgan fingerprint density at radius 2 is 0.758 bits per heavy atom. The summed E-state index contributed by atoms with van der Waals surface area (Å²) in [5, 5.41) is 7.69. The minimum atomic E-state index is -8.91. The van der Waals surface area contributed by atoms with Crippen molar-refractivity contribution in [1.29, 1.82) is 0 Å². The Morgan fingerprint density at radius 1 is 0.515 bits per heavy atom. The SMILES string of the molecule is O=C(O)C(F)(F)C(F)(F)C(F)(F)C(F)(F)C(F)(F)C(F)(F)C(F)(F)C(F)(F)C(F)(F)CCS. The first kappa shape index (κ1) is 31.6. The Labute approximate surface area is 174 Å². The lowest BCUT2D eigenvalue weighted by Crippen LogP contribution is -2.76. The highest BCUT2D eigenvalue weighted by molar-refractivity contribution is 7.80. The zero-order chi connectivity index (χ0) is 27.5. The van der Waals surface area contributed by atoms with Crippen LogP contribution in [0, 0.1) is 0 Å². The number of carboxylic acid groups (broad SMARTS) is 1. The van der Waals surface area contributed by atoms with Crippen LogP contribution in [0.1, 0.15) is 6.42 Å². The zero-order valence-corrected chi connectivity index (χ0v) is 15.4. The van der Waals surface area contributed by atoms with Gasteiger partial charge in [-0.3, -0.25) is 0 Å². The van der Waals surface area contributed by atoms with Crippen LogP contribution in [0.25, 0.3) is 0 Å². The second-order valence-corrected chi connectivity index (χ2v) is 6.53. The van der Waals surface area contributed by atoms with Crippen molar-refractivity contribution in [2.24, 2.45) is 0 Å². The smallest absolute Gasteiger partial charge is 0.410 e. The largest absolute Gasteiger partial charge is 0.477 e. The van der Waals surface area contributed by atoms with Crippen molar-refractivity contribution in [2.45, 2.75) is 59.7 Å². The predicted octanol–water partition coefficient (Wildman–Crippen LogP) is 6.11. The molecular weight excluding hydrogens is 550 g/mol. The van der Waals surface area contributed by atoms with E-state index in [0.29, 0.717) is 0 Å². The number of aliphatic carboxylic acids is 1. The van der Waals surface area contributed by atoms with Crippen LogP contribution < -0.4 is 0 Å². The lowest BCUT2D eigenvalue weighted by atomic mass is 9.86. The summed E-state index contributed by atoms with van der Waals surface area (Å²) < 4.78 is 238. The van der Waals surface area contributed by atoms with Crippen LogP contribution in [0.5, 0.6) is 0 Å². The zero-order valence-electron chi connectivity index (χ0n) is 14.5. The van der Waals surface area contributed by atoms with Crippen molar-refractivity contribution in [3.05, 3.63) is 0 Å². The lowest BCUT2D eigenvalue weighted by molar-refractivity contribution is -0.460. The lowest BCUT2D eigenvalue weighted by Gasteiger charge is -2.44. The highest BCUT2D eigenvalue weighted by Crippen LogP contribution is 2.65. The van der Waals surface area contributed by atoms with Gasteiger partial charge in [-0.25, -0.2) is 4.79 Å². The van der Waals surface area contributed by atoms with Crippen molar-refractivity contribution >= 4 is 18.6 Å². The summed E-state index contributed by atoms with van der Waals surface area (Å²) in [6, 6.07) is 0. The van der Waals surface area contributed by atoms with Gasteiger partial charge in [-0.05, 0) is 5.75 Å². The summed E-state index contributed by atoms with van der Waals surface area (Å²) in [7, 11) is 0. The van der Waals surface area contributed by atoms with Gasteiger partial charge in [0.2, 0.25) is 0 Å². The van der Waals surface area contributed by atoms with Crippen molar-refractivity contribution in [3.8, 4) is 0 Å². The minimum absolute atomic E-state index is 1.56. The fourth-order valence-corrected chi connectivity index (χ4v) is 2.13. The van der Waals surface area contributed by atoms with Crippen LogP contribution in [-0.4, -0.2) is 70.1 Å². The second kappa shape index (κ2) is 8.06. The molecule has 0 rings (SSSR count). The van der Waals surface area contributed by atoms with Gasteiger partial charge in [0.15, 0.2) is 0 Å². The summed E-state index contributed by atoms with van der Waals surface area (Å²) in [6.45, 7) is 0. The highest BCUT2D eigenvalue weighted by atomic mass is 32.1. The first-order valence-electron chi connectivity index (χ1n) is 7.25. The standard InChI is InChI=1S/C12H6F18O2S/c13-4(14,1-2-33)6(17,18)8(21,22)10(25,26)12(29,30)11(27,28)9(23,24)7(19,20)5(15,16)3(31)32/h33H,1-2H2,(H,31,32). The first-order valence-corrected chi connectivity index (χ1v) is 7.88. The molecule has 2 nitrogen and oxygen atoms in total. The number of hydrogen-bond donors (Lipinski definition) is 2. The van der Waals surface area contributed by atoms with Gasteiger partial charge in [-0.15, -0.1) is 0 Å². The molecule has 0 bridgehead atoms. The molecule has 0 aliphatic heterocycles. The summed E-state index contributed by atoms with van der Waals surface area (Å²) >= 11 is 2.81. The van der Waals surface area contributed by atoms with E-state index in [1.807, 2.05) is 0 Å². The quantitative estimate of drug-likeness (QED) is 0.238. The van der Waals surface area contributed by atoms with Crippen LogP contribution in [0.2, 0.25) is 0 Å². The van der Waals surface area contributed by atoms with E-state index in [2.05, 4.69) is 12.6 Å². The summed E-state index contributed by atoms with van der Waals surface area (Å²) in [4.78, 5) is 9.90. The fraction of sp³-hybridized carbons (Fsp3) is 0.917. The molecule has 0 spiro atoms. The Balaban J connectivity index is 6.96. The van der Waals surface area contributed by atoms with E-state index < -0.39 is 71.4 Å². The van der Waals surface area contributed by atoms with E-state index in [9.17, 15) is 83.8 Å². The summed E-state index contributed by atoms with van der Waals surface area (Å²) in [5.41, 5.74) is 0. The third-order valence-corrected chi connectivity index (χ3v) is 4.14. The maximum atomic E-state index is 13.4. The van der Waals surface area contributed by atoms with Crippen LogP contribution >= 0.6 is 12.6 Å². The van der Waals surface area contributed by atoms with Gasteiger partial charge in [0.1, 0.15) is 0 Å². The molecule has 0 aromatic heterocycles. The molecule has 0 saturated heterocycles. The van der Waals surface area contributed by atoms with Gasteiger partial charge in [-0.2, -0.15) is 91.7 Å². The average Bonchev–Trinajstić information content (AvgIpc) is 2.59. The molecule has 0 radical (unpaired) electrons. The van der Waals surface area contributed by atoms with Crippen molar-refractivity contribution in [2.75, 3.05) is 5.75 Å². The molecule has 0 aliphatic rings.